The summed E-state index contributed by atoms with van der Waals surface area (Å²) in [6, 6.07) is 8.10. The number of carbonyl (C=O) groups is 1. The predicted molar refractivity (Wildman–Crippen MR) is 102 cm³/mol. The molecule has 2 aliphatic heterocycles. The van der Waals surface area contributed by atoms with E-state index in [9.17, 15) is 4.79 Å². The maximum absolute atomic E-state index is 12.5. The second-order valence-electron chi connectivity index (χ2n) is 7.12. The van der Waals surface area contributed by atoms with Gasteiger partial charge < -0.3 is 9.64 Å². The molecule has 0 spiro atoms. The van der Waals surface area contributed by atoms with Crippen molar-refractivity contribution in [1.29, 1.82) is 0 Å². The van der Waals surface area contributed by atoms with Crippen LogP contribution >= 0.6 is 11.6 Å². The molecule has 0 bridgehead atoms. The van der Waals surface area contributed by atoms with Crippen molar-refractivity contribution in [1.82, 2.24) is 14.8 Å². The van der Waals surface area contributed by atoms with Crippen molar-refractivity contribution in [2.75, 3.05) is 32.8 Å². The smallest absolute Gasteiger partial charge is 0.251 e. The van der Waals surface area contributed by atoms with Crippen molar-refractivity contribution >= 4 is 28.4 Å². The standard InChI is InChI=1S/C20H24ClN3O2/c1-14-15-5-2-3-6-16(15)22-17(19(14)21)13-23-8-10-24(11-9-23)20(25)18-7-4-12-26-18/h2-3,5-6,18H,4,7-13H2,1H3. The Balaban J connectivity index is 1.42. The van der Waals surface area contributed by atoms with Crippen LogP contribution < -0.4 is 0 Å². The Morgan fingerprint density at radius 1 is 1.27 bits per heavy atom. The number of nitrogens with zero attached hydrogens (tertiary/aromatic N) is 3. The molecule has 2 aliphatic rings. The topological polar surface area (TPSA) is 45.7 Å². The summed E-state index contributed by atoms with van der Waals surface area (Å²) in [7, 11) is 0. The molecular weight excluding hydrogens is 350 g/mol. The van der Waals surface area contributed by atoms with Crippen LogP contribution in [0.1, 0.15) is 24.1 Å². The van der Waals surface area contributed by atoms with Crippen molar-refractivity contribution in [2.45, 2.75) is 32.4 Å². The van der Waals surface area contributed by atoms with Gasteiger partial charge in [-0.15, -0.1) is 0 Å². The Morgan fingerprint density at radius 3 is 2.77 bits per heavy atom. The highest BCUT2D eigenvalue weighted by Gasteiger charge is 2.30. The third kappa shape index (κ3) is 3.43. The predicted octanol–water partition coefficient (Wildman–Crippen LogP) is 3.02. The van der Waals surface area contributed by atoms with Crippen molar-refractivity contribution in [3.8, 4) is 0 Å². The largest absolute Gasteiger partial charge is 0.368 e. The van der Waals surface area contributed by atoms with E-state index in [1.54, 1.807) is 0 Å². The van der Waals surface area contributed by atoms with Gasteiger partial charge in [0.1, 0.15) is 6.10 Å². The van der Waals surface area contributed by atoms with Gasteiger partial charge in [0.15, 0.2) is 0 Å². The van der Waals surface area contributed by atoms with Crippen molar-refractivity contribution < 1.29 is 9.53 Å². The number of hydrogen-bond donors (Lipinski definition) is 0. The Morgan fingerprint density at radius 2 is 2.04 bits per heavy atom. The number of aromatic nitrogens is 1. The molecule has 1 atom stereocenters. The molecule has 1 amide bonds. The van der Waals surface area contributed by atoms with Crippen LogP contribution in [0.15, 0.2) is 24.3 Å². The molecule has 0 radical (unpaired) electrons. The molecule has 2 aromatic rings. The maximum Gasteiger partial charge on any atom is 0.251 e. The van der Waals surface area contributed by atoms with Gasteiger partial charge in [0.05, 0.1) is 16.2 Å². The van der Waals surface area contributed by atoms with Crippen LogP contribution in [0.3, 0.4) is 0 Å². The fourth-order valence-corrected chi connectivity index (χ4v) is 4.04. The van der Waals surface area contributed by atoms with Gasteiger partial charge in [-0.05, 0) is 31.4 Å². The molecule has 3 heterocycles. The normalized spacial score (nSPS) is 21.5. The average Bonchev–Trinajstić information content (AvgIpc) is 3.21. The highest BCUT2D eigenvalue weighted by atomic mass is 35.5. The molecule has 1 unspecified atom stereocenters. The Kier molecular flexibility index (Phi) is 5.11. The molecule has 1 aromatic heterocycles. The Labute approximate surface area is 158 Å². The Hall–Kier alpha value is -1.69. The third-order valence-corrected chi connectivity index (χ3v) is 5.91. The minimum Gasteiger partial charge on any atom is -0.368 e. The summed E-state index contributed by atoms with van der Waals surface area (Å²) in [5.41, 5.74) is 2.98. The molecule has 2 fully saturated rings. The molecule has 1 aromatic carbocycles. The number of rotatable bonds is 3. The van der Waals surface area contributed by atoms with E-state index in [4.69, 9.17) is 21.3 Å². The first-order valence-electron chi connectivity index (χ1n) is 9.30. The number of piperazine rings is 1. The summed E-state index contributed by atoms with van der Waals surface area (Å²) < 4.78 is 5.53. The lowest BCUT2D eigenvalue weighted by atomic mass is 10.1. The van der Waals surface area contributed by atoms with Crippen molar-refractivity contribution in [2.24, 2.45) is 0 Å². The number of ether oxygens (including phenoxy) is 1. The van der Waals surface area contributed by atoms with Crippen LogP contribution in [-0.2, 0) is 16.1 Å². The molecule has 5 nitrogen and oxygen atoms in total. The molecule has 0 saturated carbocycles. The van der Waals surface area contributed by atoms with Gasteiger partial charge in [0, 0.05) is 44.7 Å². The van der Waals surface area contributed by atoms with E-state index in [2.05, 4.69) is 11.0 Å². The number of aryl methyl sites for hydroxylation is 1. The van der Waals surface area contributed by atoms with E-state index in [0.717, 1.165) is 66.2 Å². The fraction of sp³-hybridized carbons (Fsp3) is 0.500. The van der Waals surface area contributed by atoms with Crippen LogP contribution in [0.2, 0.25) is 5.02 Å². The lowest BCUT2D eigenvalue weighted by molar-refractivity contribution is -0.142. The average molecular weight is 374 g/mol. The van der Waals surface area contributed by atoms with E-state index < -0.39 is 0 Å². The van der Waals surface area contributed by atoms with Gasteiger partial charge in [0.2, 0.25) is 0 Å². The van der Waals surface area contributed by atoms with Crippen molar-refractivity contribution in [3.63, 3.8) is 0 Å². The summed E-state index contributed by atoms with van der Waals surface area (Å²) in [4.78, 5) is 21.5. The molecule has 138 valence electrons. The van der Waals surface area contributed by atoms with Crippen molar-refractivity contribution in [3.05, 3.63) is 40.5 Å². The SMILES string of the molecule is Cc1c(Cl)c(CN2CCN(C(=O)C3CCCO3)CC2)nc2ccccc12. The molecule has 26 heavy (non-hydrogen) atoms. The van der Waals surface area contributed by atoms with E-state index in [-0.39, 0.29) is 12.0 Å². The molecule has 2 saturated heterocycles. The highest BCUT2D eigenvalue weighted by Crippen LogP contribution is 2.28. The molecular formula is C20H24ClN3O2. The first kappa shape index (κ1) is 17.7. The minimum absolute atomic E-state index is 0.153. The van der Waals surface area contributed by atoms with E-state index in [1.807, 2.05) is 30.0 Å². The minimum atomic E-state index is -0.221. The fourth-order valence-electron chi connectivity index (χ4n) is 3.84. The number of pyridine rings is 1. The molecule has 4 rings (SSSR count). The summed E-state index contributed by atoms with van der Waals surface area (Å²) >= 11 is 6.59. The van der Waals surface area contributed by atoms with Gasteiger partial charge in [-0.25, -0.2) is 4.98 Å². The molecule has 6 heteroatoms. The maximum atomic E-state index is 12.5. The van der Waals surface area contributed by atoms with Crippen LogP contribution in [0.5, 0.6) is 0 Å². The van der Waals surface area contributed by atoms with E-state index >= 15 is 0 Å². The number of fused-ring (bicyclic) bond motifs is 1. The van der Waals surface area contributed by atoms with Gasteiger partial charge in [-0.3, -0.25) is 9.69 Å². The summed E-state index contributed by atoms with van der Waals surface area (Å²) in [5, 5.41) is 1.86. The van der Waals surface area contributed by atoms with Gasteiger partial charge >= 0.3 is 0 Å². The van der Waals surface area contributed by atoms with Crippen LogP contribution in [0, 0.1) is 6.92 Å². The zero-order valence-corrected chi connectivity index (χ0v) is 15.8. The lowest BCUT2D eigenvalue weighted by Crippen LogP contribution is -2.51. The molecule has 0 N–H and O–H groups in total. The number of hydrogen-bond acceptors (Lipinski definition) is 4. The first-order chi connectivity index (χ1) is 12.6. The number of carbonyl (C=O) groups excluding carboxylic acids is 1. The van der Waals surface area contributed by atoms with E-state index in [0.29, 0.717) is 13.2 Å². The number of amides is 1. The second kappa shape index (κ2) is 7.51. The summed E-state index contributed by atoms with van der Waals surface area (Å²) in [6.45, 7) is 6.62. The summed E-state index contributed by atoms with van der Waals surface area (Å²) in [5.74, 6) is 0.153. The zero-order chi connectivity index (χ0) is 18.1. The monoisotopic (exact) mass is 373 g/mol. The number of benzene rings is 1. The van der Waals surface area contributed by atoms with Crippen LogP contribution in [0.4, 0.5) is 0 Å². The van der Waals surface area contributed by atoms with Crippen LogP contribution in [-0.4, -0.2) is 59.6 Å². The lowest BCUT2D eigenvalue weighted by Gasteiger charge is -2.35. The number of para-hydroxylation sites is 1. The van der Waals surface area contributed by atoms with Gasteiger partial charge in [-0.2, -0.15) is 0 Å². The Bertz CT molecular complexity index is 812. The summed E-state index contributed by atoms with van der Waals surface area (Å²) in [6.07, 6.45) is 1.62. The zero-order valence-electron chi connectivity index (χ0n) is 15.1. The second-order valence-corrected chi connectivity index (χ2v) is 7.50. The van der Waals surface area contributed by atoms with E-state index in [1.165, 1.54) is 0 Å². The van der Waals surface area contributed by atoms with Crippen LogP contribution in [0.25, 0.3) is 10.9 Å². The van der Waals surface area contributed by atoms with Gasteiger partial charge in [0.25, 0.3) is 5.91 Å². The van der Waals surface area contributed by atoms with Gasteiger partial charge in [-0.1, -0.05) is 29.8 Å². The number of halogens is 1. The quantitative estimate of drug-likeness (QED) is 0.829. The molecule has 0 aliphatic carbocycles. The first-order valence-corrected chi connectivity index (χ1v) is 9.68. The third-order valence-electron chi connectivity index (χ3n) is 5.41. The highest BCUT2D eigenvalue weighted by molar-refractivity contribution is 6.32.